The van der Waals surface area contributed by atoms with E-state index < -0.39 is 0 Å². The van der Waals surface area contributed by atoms with Crippen molar-refractivity contribution >= 4 is 23.1 Å². The highest BCUT2D eigenvalue weighted by atomic mass is 32.1. The number of pyridine rings is 1. The summed E-state index contributed by atoms with van der Waals surface area (Å²) < 4.78 is 0.595. The zero-order valence-corrected chi connectivity index (χ0v) is 12.2. The zero-order chi connectivity index (χ0) is 14.1. The fourth-order valence-electron chi connectivity index (χ4n) is 2.11. The number of aromatic nitrogens is 3. The van der Waals surface area contributed by atoms with E-state index in [1.807, 2.05) is 36.4 Å². The molecular weight excluding hydrogens is 266 g/mol. The molecule has 1 aromatic carbocycles. The van der Waals surface area contributed by atoms with E-state index >= 15 is 0 Å². The molecule has 20 heavy (non-hydrogen) atoms. The lowest BCUT2D eigenvalue weighted by molar-refractivity contribution is 0.814. The van der Waals surface area contributed by atoms with Gasteiger partial charge in [0.05, 0.1) is 5.52 Å². The normalized spacial score (nSPS) is 11.2. The molecule has 0 unspecified atom stereocenters. The van der Waals surface area contributed by atoms with Gasteiger partial charge < -0.3 is 4.98 Å². The molecule has 0 fully saturated rings. The van der Waals surface area contributed by atoms with E-state index in [9.17, 15) is 0 Å². The Kier molecular flexibility index (Phi) is 3.32. The second kappa shape index (κ2) is 5.13. The first-order valence-electron chi connectivity index (χ1n) is 6.61. The summed E-state index contributed by atoms with van der Waals surface area (Å²) in [7, 11) is 0. The second-order valence-corrected chi connectivity index (χ2v) is 5.49. The van der Waals surface area contributed by atoms with Crippen LogP contribution in [0.25, 0.3) is 22.4 Å². The maximum atomic E-state index is 5.24. The third-order valence-corrected chi connectivity index (χ3v) is 3.44. The highest BCUT2D eigenvalue weighted by Gasteiger charge is 2.07. The van der Waals surface area contributed by atoms with Crippen molar-refractivity contribution in [2.45, 2.75) is 19.8 Å². The summed E-state index contributed by atoms with van der Waals surface area (Å²) in [5.74, 6) is 1.10. The number of hydrogen-bond acceptors (Lipinski definition) is 3. The molecule has 3 nitrogen and oxygen atoms in total. The molecule has 0 spiro atoms. The highest BCUT2D eigenvalue weighted by Crippen LogP contribution is 2.20. The number of aromatic amines is 1. The number of nitrogens with zero attached hydrogens (tertiary/aromatic N) is 2. The van der Waals surface area contributed by atoms with Gasteiger partial charge >= 0.3 is 0 Å². The first kappa shape index (κ1) is 12.9. The Morgan fingerprint density at radius 2 is 1.85 bits per heavy atom. The van der Waals surface area contributed by atoms with E-state index in [-0.39, 0.29) is 0 Å². The Hall–Kier alpha value is -2.07. The van der Waals surface area contributed by atoms with Gasteiger partial charge in [0, 0.05) is 11.1 Å². The molecule has 0 aliphatic heterocycles. The standard InChI is InChI=1S/C16H15N3S/c1-10(2)14-9-15(20)19-16(18-14)13-8-7-11-5-3-4-6-12(11)17-13/h3-10H,1-2H3,(H,18,19,20). The number of H-pyrrole nitrogens is 1. The van der Waals surface area contributed by atoms with Crippen LogP contribution in [0.1, 0.15) is 25.5 Å². The Morgan fingerprint density at radius 1 is 1.05 bits per heavy atom. The molecule has 0 saturated carbocycles. The van der Waals surface area contributed by atoms with Crippen LogP contribution in [0.3, 0.4) is 0 Å². The summed E-state index contributed by atoms with van der Waals surface area (Å²) in [6, 6.07) is 14.0. The van der Waals surface area contributed by atoms with Crippen molar-refractivity contribution in [3.63, 3.8) is 0 Å². The van der Waals surface area contributed by atoms with Gasteiger partial charge in [0.2, 0.25) is 0 Å². The Bertz CT molecular complexity index is 821. The fourth-order valence-corrected chi connectivity index (χ4v) is 2.32. The summed E-state index contributed by atoms with van der Waals surface area (Å²) in [6.07, 6.45) is 0. The third kappa shape index (κ3) is 2.47. The number of fused-ring (bicyclic) bond motifs is 1. The van der Waals surface area contributed by atoms with Crippen LogP contribution in [0, 0.1) is 4.64 Å². The van der Waals surface area contributed by atoms with Crippen molar-refractivity contribution in [2.75, 3.05) is 0 Å². The van der Waals surface area contributed by atoms with E-state index in [2.05, 4.69) is 34.9 Å². The van der Waals surface area contributed by atoms with Crippen LogP contribution >= 0.6 is 12.2 Å². The zero-order valence-electron chi connectivity index (χ0n) is 11.4. The van der Waals surface area contributed by atoms with Crippen molar-refractivity contribution in [2.24, 2.45) is 0 Å². The molecule has 0 saturated heterocycles. The maximum absolute atomic E-state index is 5.24. The number of hydrogen-bond donors (Lipinski definition) is 1. The molecule has 0 aliphatic carbocycles. The molecule has 100 valence electrons. The fraction of sp³-hybridized carbons (Fsp3) is 0.188. The topological polar surface area (TPSA) is 41.6 Å². The molecule has 3 aromatic rings. The average Bonchev–Trinajstić information content (AvgIpc) is 2.46. The molecular formula is C16H15N3S. The van der Waals surface area contributed by atoms with Crippen molar-refractivity contribution in [3.8, 4) is 11.5 Å². The molecule has 1 N–H and O–H groups in total. The lowest BCUT2D eigenvalue weighted by Crippen LogP contribution is -1.99. The van der Waals surface area contributed by atoms with Crippen LogP contribution < -0.4 is 0 Å². The molecule has 3 rings (SSSR count). The van der Waals surface area contributed by atoms with Crippen LogP contribution in [0.5, 0.6) is 0 Å². The van der Waals surface area contributed by atoms with Crippen molar-refractivity contribution in [1.82, 2.24) is 15.0 Å². The van der Waals surface area contributed by atoms with Gasteiger partial charge in [-0.2, -0.15) is 0 Å². The molecule has 0 radical (unpaired) electrons. The van der Waals surface area contributed by atoms with Gasteiger partial charge in [-0.25, -0.2) is 9.97 Å². The van der Waals surface area contributed by atoms with Crippen LogP contribution in [-0.4, -0.2) is 15.0 Å². The molecule has 0 atom stereocenters. The van der Waals surface area contributed by atoms with Crippen LogP contribution in [0.15, 0.2) is 42.5 Å². The Labute approximate surface area is 122 Å². The van der Waals surface area contributed by atoms with Gasteiger partial charge in [-0.1, -0.05) is 50.3 Å². The van der Waals surface area contributed by atoms with Gasteiger partial charge in [0.1, 0.15) is 10.3 Å². The van der Waals surface area contributed by atoms with Gasteiger partial charge in [0.25, 0.3) is 0 Å². The smallest absolute Gasteiger partial charge is 0.157 e. The summed E-state index contributed by atoms with van der Waals surface area (Å²) in [4.78, 5) is 12.4. The summed E-state index contributed by atoms with van der Waals surface area (Å²) in [5.41, 5.74) is 2.85. The SMILES string of the molecule is CC(C)c1cc(=S)nc(-c2ccc3ccccc3n2)[nH]1. The summed E-state index contributed by atoms with van der Waals surface area (Å²) >= 11 is 5.24. The molecule has 2 aromatic heterocycles. The number of benzene rings is 1. The van der Waals surface area contributed by atoms with E-state index in [0.29, 0.717) is 10.6 Å². The largest absolute Gasteiger partial charge is 0.342 e. The quantitative estimate of drug-likeness (QED) is 0.704. The van der Waals surface area contributed by atoms with E-state index in [1.165, 1.54) is 0 Å². The first-order chi connectivity index (χ1) is 9.63. The highest BCUT2D eigenvalue weighted by molar-refractivity contribution is 7.71. The lowest BCUT2D eigenvalue weighted by Gasteiger charge is -2.08. The number of nitrogens with one attached hydrogen (secondary N) is 1. The summed E-state index contributed by atoms with van der Waals surface area (Å²) in [6.45, 7) is 4.25. The van der Waals surface area contributed by atoms with Crippen LogP contribution in [0.2, 0.25) is 0 Å². The minimum absolute atomic E-state index is 0.374. The van der Waals surface area contributed by atoms with Crippen molar-refractivity contribution in [3.05, 3.63) is 52.8 Å². The van der Waals surface area contributed by atoms with E-state index in [0.717, 1.165) is 28.1 Å². The first-order valence-corrected chi connectivity index (χ1v) is 7.02. The molecule has 0 bridgehead atoms. The number of para-hydroxylation sites is 1. The van der Waals surface area contributed by atoms with Gasteiger partial charge in [-0.3, -0.25) is 0 Å². The van der Waals surface area contributed by atoms with Gasteiger partial charge in [0.15, 0.2) is 5.82 Å². The van der Waals surface area contributed by atoms with E-state index in [4.69, 9.17) is 12.2 Å². The number of rotatable bonds is 2. The van der Waals surface area contributed by atoms with Gasteiger partial charge in [-0.15, -0.1) is 0 Å². The van der Waals surface area contributed by atoms with Crippen molar-refractivity contribution < 1.29 is 0 Å². The van der Waals surface area contributed by atoms with Crippen molar-refractivity contribution in [1.29, 1.82) is 0 Å². The Morgan fingerprint density at radius 3 is 2.65 bits per heavy atom. The molecule has 0 amide bonds. The monoisotopic (exact) mass is 281 g/mol. The Balaban J connectivity index is 2.17. The second-order valence-electron chi connectivity index (χ2n) is 5.07. The molecule has 0 aliphatic rings. The molecule has 2 heterocycles. The van der Waals surface area contributed by atoms with E-state index in [1.54, 1.807) is 0 Å². The lowest BCUT2D eigenvalue weighted by atomic mass is 10.1. The maximum Gasteiger partial charge on any atom is 0.157 e. The predicted octanol–water partition coefficient (Wildman–Crippen LogP) is 4.48. The third-order valence-electron chi connectivity index (χ3n) is 3.23. The summed E-state index contributed by atoms with van der Waals surface area (Å²) in [5, 5.41) is 1.12. The minimum Gasteiger partial charge on any atom is -0.342 e. The average molecular weight is 281 g/mol. The van der Waals surface area contributed by atoms with Gasteiger partial charge in [-0.05, 0) is 24.1 Å². The van der Waals surface area contributed by atoms with Crippen LogP contribution in [-0.2, 0) is 0 Å². The minimum atomic E-state index is 0.374. The predicted molar refractivity (Wildman–Crippen MR) is 84.2 cm³/mol. The molecule has 4 heteroatoms. The van der Waals surface area contributed by atoms with Crippen LogP contribution in [0.4, 0.5) is 0 Å².